The highest BCUT2D eigenvalue weighted by atomic mass is 35.5. The summed E-state index contributed by atoms with van der Waals surface area (Å²) in [7, 11) is -3.83. The Morgan fingerprint density at radius 1 is 1.32 bits per heavy atom. The van der Waals surface area contributed by atoms with Crippen LogP contribution in [0.3, 0.4) is 0 Å². The molecule has 100 valence electrons. The molecule has 0 saturated carbocycles. The van der Waals surface area contributed by atoms with Crippen LogP contribution in [-0.2, 0) is 10.0 Å². The molecule has 1 aromatic carbocycles. The van der Waals surface area contributed by atoms with Crippen molar-refractivity contribution in [2.45, 2.75) is 11.8 Å². The van der Waals surface area contributed by atoms with Crippen LogP contribution in [-0.4, -0.2) is 18.5 Å². The number of phenols is 1. The molecule has 0 unspecified atom stereocenters. The van der Waals surface area contributed by atoms with Crippen LogP contribution in [0.1, 0.15) is 5.56 Å². The molecule has 1 heterocycles. The van der Waals surface area contributed by atoms with Crippen LogP contribution in [0.5, 0.6) is 5.75 Å². The van der Waals surface area contributed by atoms with E-state index in [4.69, 9.17) is 11.6 Å². The Morgan fingerprint density at radius 3 is 2.68 bits per heavy atom. The second-order valence-electron chi connectivity index (χ2n) is 3.90. The number of halogens is 1. The molecule has 5 nitrogen and oxygen atoms in total. The number of anilines is 1. The van der Waals surface area contributed by atoms with Gasteiger partial charge in [0.25, 0.3) is 10.0 Å². The lowest BCUT2D eigenvalue weighted by molar-refractivity contribution is 0.471. The van der Waals surface area contributed by atoms with Gasteiger partial charge in [0.1, 0.15) is 15.8 Å². The Bertz CT molecular complexity index is 717. The van der Waals surface area contributed by atoms with E-state index in [0.717, 1.165) is 0 Å². The van der Waals surface area contributed by atoms with E-state index < -0.39 is 10.0 Å². The third kappa shape index (κ3) is 2.97. The van der Waals surface area contributed by atoms with E-state index in [1.54, 1.807) is 19.1 Å². The molecule has 0 radical (unpaired) electrons. The van der Waals surface area contributed by atoms with Crippen molar-refractivity contribution >= 4 is 27.3 Å². The number of nitrogens with one attached hydrogen (secondary N) is 1. The number of rotatable bonds is 3. The summed E-state index contributed by atoms with van der Waals surface area (Å²) in [4.78, 5) is 3.60. The highest BCUT2D eigenvalue weighted by molar-refractivity contribution is 7.92. The fourth-order valence-electron chi connectivity index (χ4n) is 1.45. The zero-order valence-corrected chi connectivity index (χ0v) is 11.5. The van der Waals surface area contributed by atoms with Gasteiger partial charge < -0.3 is 5.11 Å². The van der Waals surface area contributed by atoms with Crippen LogP contribution >= 0.6 is 11.6 Å². The topological polar surface area (TPSA) is 79.3 Å². The molecule has 2 aromatic rings. The molecule has 0 atom stereocenters. The number of hydrogen-bond acceptors (Lipinski definition) is 4. The predicted molar refractivity (Wildman–Crippen MR) is 72.9 cm³/mol. The molecule has 0 spiro atoms. The van der Waals surface area contributed by atoms with Gasteiger partial charge in [-0.3, -0.25) is 4.72 Å². The summed E-state index contributed by atoms with van der Waals surface area (Å²) < 4.78 is 26.5. The maximum atomic E-state index is 12.1. The van der Waals surface area contributed by atoms with Crippen molar-refractivity contribution in [3.8, 4) is 5.75 Å². The molecular weight excluding hydrogens is 288 g/mol. The molecule has 2 rings (SSSR count). The number of aryl methyl sites for hydroxylation is 1. The minimum atomic E-state index is -3.83. The van der Waals surface area contributed by atoms with Crippen molar-refractivity contribution in [3.63, 3.8) is 0 Å². The second-order valence-corrected chi connectivity index (χ2v) is 5.91. The predicted octanol–water partition coefficient (Wildman–Crippen LogP) is 2.55. The number of aromatic nitrogens is 1. The largest absolute Gasteiger partial charge is 0.508 e. The van der Waals surface area contributed by atoms with Crippen LogP contribution in [0.15, 0.2) is 41.4 Å². The summed E-state index contributed by atoms with van der Waals surface area (Å²) >= 11 is 5.75. The van der Waals surface area contributed by atoms with Gasteiger partial charge in [-0.25, -0.2) is 13.4 Å². The Morgan fingerprint density at radius 2 is 2.05 bits per heavy atom. The van der Waals surface area contributed by atoms with Crippen molar-refractivity contribution in [3.05, 3.63) is 47.2 Å². The summed E-state index contributed by atoms with van der Waals surface area (Å²) in [5, 5.41) is 9.44. The molecule has 1 aromatic heterocycles. The Balaban J connectivity index is 2.37. The third-order valence-corrected chi connectivity index (χ3v) is 4.30. The number of nitrogens with zero attached hydrogens (tertiary/aromatic N) is 1. The van der Waals surface area contributed by atoms with Gasteiger partial charge >= 0.3 is 0 Å². The minimum Gasteiger partial charge on any atom is -0.508 e. The SMILES string of the molecule is Cc1ccc(NS(=O)(=O)c2cccnc2Cl)cc1O. The van der Waals surface area contributed by atoms with E-state index in [9.17, 15) is 13.5 Å². The molecule has 0 aliphatic heterocycles. The molecule has 7 heteroatoms. The first kappa shape index (κ1) is 13.6. The molecule has 2 N–H and O–H groups in total. The molecule has 0 fully saturated rings. The summed E-state index contributed by atoms with van der Waals surface area (Å²) in [5.74, 6) is 0.0116. The van der Waals surface area contributed by atoms with Gasteiger partial charge in [-0.1, -0.05) is 17.7 Å². The fraction of sp³-hybridized carbons (Fsp3) is 0.0833. The zero-order valence-electron chi connectivity index (χ0n) is 9.96. The van der Waals surface area contributed by atoms with Gasteiger partial charge in [-0.15, -0.1) is 0 Å². The average Bonchev–Trinajstić information content (AvgIpc) is 2.34. The summed E-state index contributed by atoms with van der Waals surface area (Å²) in [6.45, 7) is 1.71. The standard InChI is InChI=1S/C12H11ClN2O3S/c1-8-4-5-9(7-10(8)16)15-19(17,18)11-3-2-6-14-12(11)13/h2-7,15-16H,1H3. The van der Waals surface area contributed by atoms with Gasteiger partial charge in [-0.2, -0.15) is 0 Å². The molecule has 0 saturated heterocycles. The van der Waals surface area contributed by atoms with Crippen molar-refractivity contribution in [2.24, 2.45) is 0 Å². The minimum absolute atomic E-state index is 0.0116. The lowest BCUT2D eigenvalue weighted by Gasteiger charge is -2.09. The van der Waals surface area contributed by atoms with Crippen LogP contribution in [0, 0.1) is 6.92 Å². The first-order chi connectivity index (χ1) is 8.90. The molecular formula is C12H11ClN2O3S. The number of pyridine rings is 1. The van der Waals surface area contributed by atoms with E-state index in [1.165, 1.54) is 24.4 Å². The average molecular weight is 299 g/mol. The van der Waals surface area contributed by atoms with E-state index >= 15 is 0 Å². The number of phenolic OH excluding ortho intramolecular Hbond substituents is 1. The van der Waals surface area contributed by atoms with Gasteiger partial charge in [0.05, 0.1) is 5.69 Å². The number of aromatic hydroxyl groups is 1. The van der Waals surface area contributed by atoms with Crippen LogP contribution in [0.2, 0.25) is 5.15 Å². The highest BCUT2D eigenvalue weighted by Crippen LogP contribution is 2.25. The molecule has 0 aliphatic carbocycles. The normalized spacial score (nSPS) is 11.3. The summed E-state index contributed by atoms with van der Waals surface area (Å²) in [6, 6.07) is 7.32. The van der Waals surface area contributed by atoms with Gasteiger partial charge in [-0.05, 0) is 30.7 Å². The third-order valence-electron chi connectivity index (χ3n) is 2.48. The fourth-order valence-corrected chi connectivity index (χ4v) is 2.96. The van der Waals surface area contributed by atoms with Gasteiger partial charge in [0.15, 0.2) is 0 Å². The van der Waals surface area contributed by atoms with Crippen molar-refractivity contribution in [1.82, 2.24) is 4.98 Å². The molecule has 0 bridgehead atoms. The van der Waals surface area contributed by atoms with E-state index in [-0.39, 0.29) is 21.5 Å². The molecule has 19 heavy (non-hydrogen) atoms. The smallest absolute Gasteiger partial charge is 0.264 e. The van der Waals surface area contributed by atoms with E-state index in [2.05, 4.69) is 9.71 Å². The number of sulfonamides is 1. The Kier molecular flexibility index (Phi) is 3.64. The van der Waals surface area contributed by atoms with Crippen LogP contribution in [0.25, 0.3) is 0 Å². The number of hydrogen-bond donors (Lipinski definition) is 2. The first-order valence-corrected chi connectivity index (χ1v) is 7.19. The van der Waals surface area contributed by atoms with Crippen molar-refractivity contribution in [1.29, 1.82) is 0 Å². The van der Waals surface area contributed by atoms with Crippen LogP contribution in [0.4, 0.5) is 5.69 Å². The van der Waals surface area contributed by atoms with Crippen molar-refractivity contribution < 1.29 is 13.5 Å². The van der Waals surface area contributed by atoms with E-state index in [0.29, 0.717) is 5.56 Å². The summed E-state index contributed by atoms with van der Waals surface area (Å²) in [5.41, 5.74) is 0.908. The molecule has 0 amide bonds. The second kappa shape index (κ2) is 5.07. The monoisotopic (exact) mass is 298 g/mol. The Hall–Kier alpha value is -1.79. The Labute approximate surface area is 115 Å². The maximum Gasteiger partial charge on any atom is 0.264 e. The molecule has 0 aliphatic rings. The lowest BCUT2D eigenvalue weighted by atomic mass is 10.2. The lowest BCUT2D eigenvalue weighted by Crippen LogP contribution is -2.13. The van der Waals surface area contributed by atoms with Crippen LogP contribution < -0.4 is 4.72 Å². The van der Waals surface area contributed by atoms with Crippen molar-refractivity contribution in [2.75, 3.05) is 4.72 Å². The summed E-state index contributed by atoms with van der Waals surface area (Å²) in [6.07, 6.45) is 1.40. The first-order valence-electron chi connectivity index (χ1n) is 5.33. The maximum absolute atomic E-state index is 12.1. The highest BCUT2D eigenvalue weighted by Gasteiger charge is 2.18. The van der Waals surface area contributed by atoms with Gasteiger partial charge in [0.2, 0.25) is 0 Å². The van der Waals surface area contributed by atoms with Gasteiger partial charge in [0, 0.05) is 12.3 Å². The zero-order chi connectivity index (χ0) is 14.0. The number of benzene rings is 1. The van der Waals surface area contributed by atoms with E-state index in [1.807, 2.05) is 0 Å². The quantitative estimate of drug-likeness (QED) is 0.854.